The normalized spacial score (nSPS) is 18.6. The first kappa shape index (κ1) is 26.0. The van der Waals surface area contributed by atoms with Gasteiger partial charge in [0.05, 0.1) is 11.8 Å². The Morgan fingerprint density at radius 2 is 1.86 bits per heavy atom. The highest BCUT2D eigenvalue weighted by Crippen LogP contribution is 2.34. The lowest BCUT2D eigenvalue weighted by molar-refractivity contribution is -0.140. The Morgan fingerprint density at radius 3 is 2.58 bits per heavy atom. The summed E-state index contributed by atoms with van der Waals surface area (Å²) in [5.41, 5.74) is -0.0874. The van der Waals surface area contributed by atoms with Gasteiger partial charge >= 0.3 is 6.18 Å². The van der Waals surface area contributed by atoms with Gasteiger partial charge in [0.25, 0.3) is 5.91 Å². The maximum atomic E-state index is 13.4. The standard InChI is InChI=1S/C23H23ClF3N5O3S/c1-36(34,35)32-15-4-2-3-13(7-15)22(33)30-17-9-16(11-28-12-17)29-20-10-21(23(25,26)27)31-19-6-5-14(24)8-18(19)20/h2-8,10,16-17,28,32H,9,11-12H2,1H3,(H,29,31)(H,30,33)/t16?,17-/m0/s1. The summed E-state index contributed by atoms with van der Waals surface area (Å²) in [5, 5.41) is 10.0. The molecule has 4 rings (SSSR count). The van der Waals surface area contributed by atoms with Crippen molar-refractivity contribution in [3.8, 4) is 0 Å². The van der Waals surface area contributed by atoms with Gasteiger partial charge < -0.3 is 16.0 Å². The number of nitrogens with one attached hydrogen (secondary N) is 4. The number of anilines is 2. The molecule has 1 aliphatic heterocycles. The fourth-order valence-corrected chi connectivity index (χ4v) is 4.78. The van der Waals surface area contributed by atoms with E-state index < -0.39 is 27.8 Å². The minimum absolute atomic E-state index is 0.160. The molecule has 13 heteroatoms. The molecule has 0 spiro atoms. The molecule has 1 amide bonds. The first-order chi connectivity index (χ1) is 16.9. The van der Waals surface area contributed by atoms with E-state index in [0.29, 0.717) is 29.9 Å². The molecule has 1 saturated heterocycles. The fraction of sp³-hybridized carbons (Fsp3) is 0.304. The third kappa shape index (κ3) is 6.56. The van der Waals surface area contributed by atoms with Gasteiger partial charge in [-0.2, -0.15) is 13.2 Å². The summed E-state index contributed by atoms with van der Waals surface area (Å²) in [6, 6.07) is 10.9. The molecule has 0 bridgehead atoms. The molecular formula is C23H23ClF3N5O3S. The maximum absolute atomic E-state index is 13.4. The van der Waals surface area contributed by atoms with E-state index in [-0.39, 0.29) is 34.5 Å². The molecule has 2 atom stereocenters. The molecule has 0 aliphatic carbocycles. The lowest BCUT2D eigenvalue weighted by Gasteiger charge is -2.32. The zero-order valence-corrected chi connectivity index (χ0v) is 20.6. The average molecular weight is 542 g/mol. The molecule has 0 saturated carbocycles. The van der Waals surface area contributed by atoms with E-state index in [1.54, 1.807) is 18.2 Å². The number of sulfonamides is 1. The van der Waals surface area contributed by atoms with Crippen molar-refractivity contribution in [3.63, 3.8) is 0 Å². The van der Waals surface area contributed by atoms with Gasteiger partial charge in [-0.1, -0.05) is 17.7 Å². The Hall–Kier alpha value is -3.09. The van der Waals surface area contributed by atoms with Gasteiger partial charge in [0, 0.05) is 52.5 Å². The van der Waals surface area contributed by atoms with E-state index in [4.69, 9.17) is 11.6 Å². The Kier molecular flexibility index (Phi) is 7.30. The Balaban J connectivity index is 1.50. The van der Waals surface area contributed by atoms with Crippen LogP contribution in [0.25, 0.3) is 10.9 Å². The van der Waals surface area contributed by atoms with Crippen LogP contribution < -0.4 is 20.7 Å². The second-order valence-electron chi connectivity index (χ2n) is 8.57. The third-order valence-corrected chi connectivity index (χ3v) is 6.38. The highest BCUT2D eigenvalue weighted by molar-refractivity contribution is 7.92. The Labute approximate surface area is 210 Å². The number of fused-ring (bicyclic) bond motifs is 1. The van der Waals surface area contributed by atoms with Crippen LogP contribution in [0.3, 0.4) is 0 Å². The number of carbonyl (C=O) groups is 1. The minimum atomic E-state index is -4.62. The monoisotopic (exact) mass is 541 g/mol. The molecule has 1 aromatic heterocycles. The number of piperidine rings is 1. The number of rotatable bonds is 6. The predicted octanol–water partition coefficient (Wildman–Crippen LogP) is 3.85. The number of amides is 1. The van der Waals surface area contributed by atoms with Crippen LogP contribution in [0, 0.1) is 0 Å². The van der Waals surface area contributed by atoms with Crippen LogP contribution in [0.1, 0.15) is 22.5 Å². The smallest absolute Gasteiger partial charge is 0.380 e. The molecule has 192 valence electrons. The molecule has 36 heavy (non-hydrogen) atoms. The molecule has 1 fully saturated rings. The molecule has 2 heterocycles. The average Bonchev–Trinajstić information content (AvgIpc) is 2.78. The summed E-state index contributed by atoms with van der Waals surface area (Å²) >= 11 is 6.07. The summed E-state index contributed by atoms with van der Waals surface area (Å²) in [4.78, 5) is 16.5. The molecule has 1 unspecified atom stereocenters. The molecule has 3 aromatic rings. The van der Waals surface area contributed by atoms with Gasteiger partial charge in [-0.3, -0.25) is 9.52 Å². The number of carbonyl (C=O) groups excluding carboxylic acids is 1. The van der Waals surface area contributed by atoms with Gasteiger partial charge in [-0.05, 0) is 48.9 Å². The van der Waals surface area contributed by atoms with E-state index in [2.05, 4.69) is 25.7 Å². The summed E-state index contributed by atoms with van der Waals surface area (Å²) in [6.07, 6.45) is -3.17. The number of pyridine rings is 1. The van der Waals surface area contributed by atoms with Crippen molar-refractivity contribution in [1.82, 2.24) is 15.6 Å². The summed E-state index contributed by atoms with van der Waals surface area (Å²) in [5.74, 6) is -0.403. The number of halogens is 4. The van der Waals surface area contributed by atoms with Gasteiger partial charge in [0.15, 0.2) is 0 Å². The van der Waals surface area contributed by atoms with Gasteiger partial charge in [-0.15, -0.1) is 0 Å². The summed E-state index contributed by atoms with van der Waals surface area (Å²) < 4.78 is 65.5. The van der Waals surface area contributed by atoms with Crippen LogP contribution in [0.15, 0.2) is 48.5 Å². The van der Waals surface area contributed by atoms with Gasteiger partial charge in [0.2, 0.25) is 10.0 Å². The zero-order chi connectivity index (χ0) is 26.1. The van der Waals surface area contributed by atoms with Crippen LogP contribution in [-0.4, -0.2) is 50.7 Å². The summed E-state index contributed by atoms with van der Waals surface area (Å²) in [6.45, 7) is 0.924. The zero-order valence-electron chi connectivity index (χ0n) is 19.0. The van der Waals surface area contributed by atoms with E-state index in [1.165, 1.54) is 24.3 Å². The van der Waals surface area contributed by atoms with E-state index in [0.717, 1.165) is 12.3 Å². The van der Waals surface area contributed by atoms with Gasteiger partial charge in [-0.25, -0.2) is 13.4 Å². The largest absolute Gasteiger partial charge is 0.433 e. The lowest BCUT2D eigenvalue weighted by Crippen LogP contribution is -2.52. The predicted molar refractivity (Wildman–Crippen MR) is 133 cm³/mol. The number of aromatic nitrogens is 1. The van der Waals surface area contributed by atoms with Crippen molar-refractivity contribution >= 4 is 49.8 Å². The van der Waals surface area contributed by atoms with Crippen LogP contribution in [-0.2, 0) is 16.2 Å². The molecule has 8 nitrogen and oxygen atoms in total. The summed E-state index contributed by atoms with van der Waals surface area (Å²) in [7, 11) is -3.50. The van der Waals surface area contributed by atoms with Crippen LogP contribution in [0.2, 0.25) is 5.02 Å². The van der Waals surface area contributed by atoms with Crippen molar-refractivity contribution in [1.29, 1.82) is 0 Å². The maximum Gasteiger partial charge on any atom is 0.433 e. The number of hydrogen-bond acceptors (Lipinski definition) is 6. The second-order valence-corrected chi connectivity index (χ2v) is 10.8. The Morgan fingerprint density at radius 1 is 1.11 bits per heavy atom. The topological polar surface area (TPSA) is 112 Å². The van der Waals surface area contributed by atoms with E-state index in [9.17, 15) is 26.4 Å². The van der Waals surface area contributed by atoms with E-state index in [1.807, 2.05) is 0 Å². The second kappa shape index (κ2) is 10.1. The molecule has 0 radical (unpaired) electrons. The fourth-order valence-electron chi connectivity index (χ4n) is 4.05. The molecule has 2 aromatic carbocycles. The first-order valence-corrected chi connectivity index (χ1v) is 13.2. The van der Waals surface area contributed by atoms with Crippen molar-refractivity contribution in [2.45, 2.75) is 24.7 Å². The molecule has 4 N–H and O–H groups in total. The van der Waals surface area contributed by atoms with Gasteiger partial charge in [0.1, 0.15) is 5.69 Å². The number of nitrogens with zero attached hydrogens (tertiary/aromatic N) is 1. The van der Waals surface area contributed by atoms with Crippen molar-refractivity contribution in [2.24, 2.45) is 0 Å². The Bertz CT molecular complexity index is 1400. The lowest BCUT2D eigenvalue weighted by atomic mass is 10.0. The SMILES string of the molecule is CS(=O)(=O)Nc1cccc(C(=O)N[C@@H]2CNCC(Nc3cc(C(F)(F)F)nc4ccc(Cl)cc34)C2)c1. The van der Waals surface area contributed by atoms with E-state index >= 15 is 0 Å². The van der Waals surface area contributed by atoms with Crippen molar-refractivity contribution in [3.05, 3.63) is 64.8 Å². The van der Waals surface area contributed by atoms with Crippen LogP contribution in [0.5, 0.6) is 0 Å². The third-order valence-electron chi connectivity index (χ3n) is 5.53. The highest BCUT2D eigenvalue weighted by Gasteiger charge is 2.34. The highest BCUT2D eigenvalue weighted by atomic mass is 35.5. The molecular weight excluding hydrogens is 519 g/mol. The number of alkyl halides is 3. The quantitative estimate of drug-likeness (QED) is 0.377. The molecule has 1 aliphatic rings. The van der Waals surface area contributed by atoms with Crippen molar-refractivity contribution < 1.29 is 26.4 Å². The number of hydrogen-bond donors (Lipinski definition) is 4. The van der Waals surface area contributed by atoms with Crippen LogP contribution in [0.4, 0.5) is 24.5 Å². The first-order valence-electron chi connectivity index (χ1n) is 10.9. The van der Waals surface area contributed by atoms with Crippen molar-refractivity contribution in [2.75, 3.05) is 29.4 Å². The number of benzene rings is 2. The minimum Gasteiger partial charge on any atom is -0.380 e. The van der Waals surface area contributed by atoms with Crippen LogP contribution >= 0.6 is 11.6 Å².